The van der Waals surface area contributed by atoms with Gasteiger partial charge in [-0.3, -0.25) is 14.4 Å². The topological polar surface area (TPSA) is 95.9 Å². The van der Waals surface area contributed by atoms with Crippen molar-refractivity contribution in [2.75, 3.05) is 13.7 Å². The van der Waals surface area contributed by atoms with Crippen LogP contribution in [0.3, 0.4) is 0 Å². The second-order valence-corrected chi connectivity index (χ2v) is 8.94. The predicted octanol–water partition coefficient (Wildman–Crippen LogP) is 5.41. The van der Waals surface area contributed by atoms with Crippen LogP contribution in [-0.2, 0) is 17.9 Å². The third-order valence-corrected chi connectivity index (χ3v) is 6.35. The van der Waals surface area contributed by atoms with E-state index in [9.17, 15) is 19.5 Å². The molecule has 4 aromatic rings. The minimum absolute atomic E-state index is 0.0540. The van der Waals surface area contributed by atoms with E-state index in [-0.39, 0.29) is 37.9 Å². The average Bonchev–Trinajstić information content (AvgIpc) is 2.98. The van der Waals surface area contributed by atoms with Crippen LogP contribution in [0.15, 0.2) is 103 Å². The summed E-state index contributed by atoms with van der Waals surface area (Å²) in [7, 11) is 1.58. The van der Waals surface area contributed by atoms with Gasteiger partial charge in [0.1, 0.15) is 5.75 Å². The Balaban J connectivity index is 1.64. The molecule has 0 fully saturated rings. The van der Waals surface area contributed by atoms with E-state index >= 15 is 0 Å². The van der Waals surface area contributed by atoms with Crippen LogP contribution < -0.4 is 10.1 Å². The van der Waals surface area contributed by atoms with Gasteiger partial charge in [0.05, 0.1) is 13.5 Å². The van der Waals surface area contributed by atoms with Gasteiger partial charge in [0.15, 0.2) is 0 Å². The molecule has 0 saturated heterocycles. The number of hydrogen-bond acceptors (Lipinski definition) is 4. The first-order chi connectivity index (χ1) is 19.0. The van der Waals surface area contributed by atoms with Crippen molar-refractivity contribution in [3.8, 4) is 16.9 Å². The van der Waals surface area contributed by atoms with Gasteiger partial charge in [-0.1, -0.05) is 84.9 Å². The lowest BCUT2D eigenvalue weighted by Gasteiger charge is -2.24. The highest BCUT2D eigenvalue weighted by atomic mass is 16.5. The Kier molecular flexibility index (Phi) is 9.08. The summed E-state index contributed by atoms with van der Waals surface area (Å²) in [4.78, 5) is 40.0. The normalized spacial score (nSPS) is 10.5. The van der Waals surface area contributed by atoms with Crippen molar-refractivity contribution in [2.45, 2.75) is 19.5 Å². The standard InChI is InChI=1S/C32H30N2O5/c1-39-29-18-10-5-13-24(29)21-33-31(37)27-16-8-6-14-25(27)26-15-7-9-17-28(26)32(38)34(20-19-30(35)36)22-23-11-3-2-4-12-23/h2-18H,19-22H2,1H3,(H,33,37)(H,35,36). The molecule has 198 valence electrons. The number of amides is 2. The zero-order valence-corrected chi connectivity index (χ0v) is 21.7. The Morgan fingerprint density at radius 2 is 1.36 bits per heavy atom. The van der Waals surface area contributed by atoms with Crippen LogP contribution in [0.25, 0.3) is 11.1 Å². The van der Waals surface area contributed by atoms with E-state index < -0.39 is 5.97 Å². The zero-order chi connectivity index (χ0) is 27.6. The van der Waals surface area contributed by atoms with E-state index in [4.69, 9.17) is 4.74 Å². The van der Waals surface area contributed by atoms with Gasteiger partial charge in [-0.2, -0.15) is 0 Å². The quantitative estimate of drug-likeness (QED) is 0.275. The number of ether oxygens (including phenoxy) is 1. The number of rotatable bonds is 11. The van der Waals surface area contributed by atoms with E-state index in [0.29, 0.717) is 28.0 Å². The van der Waals surface area contributed by atoms with Gasteiger partial charge >= 0.3 is 5.97 Å². The van der Waals surface area contributed by atoms with Crippen molar-refractivity contribution in [1.29, 1.82) is 0 Å². The average molecular weight is 523 g/mol. The molecule has 2 amide bonds. The molecule has 7 heteroatoms. The summed E-state index contributed by atoms with van der Waals surface area (Å²) in [6.07, 6.45) is -0.178. The molecular formula is C32H30N2O5. The Labute approximate surface area is 227 Å². The number of carboxylic acid groups (broad SMARTS) is 1. The van der Waals surface area contributed by atoms with Crippen molar-refractivity contribution in [3.05, 3.63) is 125 Å². The van der Waals surface area contributed by atoms with Crippen LogP contribution in [0.4, 0.5) is 0 Å². The first-order valence-electron chi connectivity index (χ1n) is 12.6. The number of aliphatic carboxylic acids is 1. The summed E-state index contributed by atoms with van der Waals surface area (Å²) in [5.74, 6) is -0.890. The fourth-order valence-electron chi connectivity index (χ4n) is 4.40. The summed E-state index contributed by atoms with van der Waals surface area (Å²) >= 11 is 0. The molecule has 4 aromatic carbocycles. The zero-order valence-electron chi connectivity index (χ0n) is 21.7. The van der Waals surface area contributed by atoms with Gasteiger partial charge in [-0.25, -0.2) is 0 Å². The van der Waals surface area contributed by atoms with Crippen molar-refractivity contribution in [3.63, 3.8) is 0 Å². The fraction of sp³-hybridized carbons (Fsp3) is 0.156. The molecule has 0 unspecified atom stereocenters. The van der Waals surface area contributed by atoms with E-state index in [0.717, 1.165) is 11.1 Å². The molecule has 7 nitrogen and oxygen atoms in total. The lowest BCUT2D eigenvalue weighted by atomic mass is 9.94. The number of para-hydroxylation sites is 1. The molecule has 0 radical (unpaired) electrons. The van der Waals surface area contributed by atoms with Crippen LogP contribution in [-0.4, -0.2) is 41.4 Å². The largest absolute Gasteiger partial charge is 0.496 e. The Hall–Kier alpha value is -4.91. The number of nitrogens with zero attached hydrogens (tertiary/aromatic N) is 1. The highest BCUT2D eigenvalue weighted by Crippen LogP contribution is 2.29. The van der Waals surface area contributed by atoms with Gasteiger partial charge in [-0.05, 0) is 34.9 Å². The van der Waals surface area contributed by atoms with Crippen molar-refractivity contribution < 1.29 is 24.2 Å². The van der Waals surface area contributed by atoms with E-state index in [1.54, 1.807) is 37.4 Å². The lowest BCUT2D eigenvalue weighted by Crippen LogP contribution is -2.33. The second kappa shape index (κ2) is 13.1. The van der Waals surface area contributed by atoms with Gasteiger partial charge in [0.2, 0.25) is 0 Å². The van der Waals surface area contributed by atoms with Gasteiger partial charge in [0, 0.05) is 36.3 Å². The summed E-state index contributed by atoms with van der Waals surface area (Å²) in [6.45, 7) is 0.596. The highest BCUT2D eigenvalue weighted by molar-refractivity contribution is 6.06. The molecule has 0 aliphatic heterocycles. The molecule has 0 aliphatic carbocycles. The number of carboxylic acids is 1. The summed E-state index contributed by atoms with van der Waals surface area (Å²) in [5, 5.41) is 12.2. The van der Waals surface area contributed by atoms with Crippen molar-refractivity contribution in [1.82, 2.24) is 10.2 Å². The molecule has 4 rings (SSSR count). The number of carbonyl (C=O) groups is 3. The molecule has 0 aliphatic rings. The van der Waals surface area contributed by atoms with E-state index in [1.165, 1.54) is 4.90 Å². The smallest absolute Gasteiger partial charge is 0.305 e. The third kappa shape index (κ3) is 6.90. The summed E-state index contributed by atoms with van der Waals surface area (Å²) < 4.78 is 5.39. The van der Waals surface area contributed by atoms with Crippen LogP contribution >= 0.6 is 0 Å². The van der Waals surface area contributed by atoms with Crippen LogP contribution in [0.5, 0.6) is 5.75 Å². The first kappa shape index (κ1) is 27.1. The Morgan fingerprint density at radius 1 is 0.769 bits per heavy atom. The molecule has 0 aromatic heterocycles. The minimum atomic E-state index is -0.980. The Morgan fingerprint density at radius 3 is 2.05 bits per heavy atom. The number of hydrogen-bond donors (Lipinski definition) is 2. The SMILES string of the molecule is COc1ccccc1CNC(=O)c1ccccc1-c1ccccc1C(=O)N(CCC(=O)O)Cc1ccccc1. The number of benzene rings is 4. The number of nitrogens with one attached hydrogen (secondary N) is 1. The maximum atomic E-state index is 13.8. The second-order valence-electron chi connectivity index (χ2n) is 8.94. The molecule has 2 N–H and O–H groups in total. The molecule has 0 saturated carbocycles. The fourth-order valence-corrected chi connectivity index (χ4v) is 4.40. The Bertz CT molecular complexity index is 1450. The minimum Gasteiger partial charge on any atom is -0.496 e. The van der Waals surface area contributed by atoms with Crippen molar-refractivity contribution in [2.24, 2.45) is 0 Å². The van der Waals surface area contributed by atoms with Crippen LogP contribution in [0, 0.1) is 0 Å². The van der Waals surface area contributed by atoms with Crippen molar-refractivity contribution >= 4 is 17.8 Å². The monoisotopic (exact) mass is 522 g/mol. The number of carbonyl (C=O) groups excluding carboxylic acids is 2. The molecule has 0 spiro atoms. The highest BCUT2D eigenvalue weighted by Gasteiger charge is 2.23. The molecule has 0 atom stereocenters. The maximum Gasteiger partial charge on any atom is 0.305 e. The summed E-state index contributed by atoms with van der Waals surface area (Å²) in [5.41, 5.74) is 3.76. The van der Waals surface area contributed by atoms with Gasteiger partial charge in [0.25, 0.3) is 11.8 Å². The first-order valence-corrected chi connectivity index (χ1v) is 12.6. The molecule has 0 bridgehead atoms. The number of methoxy groups -OCH3 is 1. The lowest BCUT2D eigenvalue weighted by molar-refractivity contribution is -0.137. The molecule has 39 heavy (non-hydrogen) atoms. The van der Waals surface area contributed by atoms with E-state index in [2.05, 4.69) is 5.32 Å². The van der Waals surface area contributed by atoms with Crippen LogP contribution in [0.2, 0.25) is 0 Å². The maximum absolute atomic E-state index is 13.8. The van der Waals surface area contributed by atoms with E-state index in [1.807, 2.05) is 72.8 Å². The predicted molar refractivity (Wildman–Crippen MR) is 149 cm³/mol. The summed E-state index contributed by atoms with van der Waals surface area (Å²) in [6, 6.07) is 31.1. The third-order valence-electron chi connectivity index (χ3n) is 6.35. The van der Waals surface area contributed by atoms with Crippen LogP contribution in [0.1, 0.15) is 38.3 Å². The molecular weight excluding hydrogens is 492 g/mol. The molecule has 0 heterocycles. The van der Waals surface area contributed by atoms with Gasteiger partial charge < -0.3 is 20.1 Å². The van der Waals surface area contributed by atoms with Gasteiger partial charge in [-0.15, -0.1) is 0 Å².